The number of nitrogens with one attached hydrogen (secondary N) is 2. The van der Waals surface area contributed by atoms with Gasteiger partial charge in [0.2, 0.25) is 0 Å². The van der Waals surface area contributed by atoms with E-state index in [0.717, 1.165) is 25.9 Å². The Kier molecular flexibility index (Phi) is 7.11. The lowest BCUT2D eigenvalue weighted by Crippen LogP contribution is -2.36. The summed E-state index contributed by atoms with van der Waals surface area (Å²) in [5, 5.41) is 5.02. The van der Waals surface area contributed by atoms with Crippen molar-refractivity contribution < 1.29 is 17.6 Å². The predicted molar refractivity (Wildman–Crippen MR) is 129 cm³/mol. The molecule has 1 aliphatic heterocycles. The standard InChI is InChI=1S/C24H26FN3O3S2/c1-17-10-11-18(33(30,31)27-21-8-3-2-7-20(21)25)15-19(17)24(29)26-16-22(23-9-6-14-32-23)28-12-4-5-13-28/h2-3,6-11,14-15,22,27H,4-5,12-13,16H2,1H3,(H,26,29). The Morgan fingerprint density at radius 1 is 1.12 bits per heavy atom. The number of sulfonamides is 1. The highest BCUT2D eigenvalue weighted by molar-refractivity contribution is 7.92. The first-order valence-corrected chi connectivity index (χ1v) is 13.1. The summed E-state index contributed by atoms with van der Waals surface area (Å²) in [5.74, 6) is -1.01. The third kappa shape index (κ3) is 5.43. The Labute approximate surface area is 197 Å². The summed E-state index contributed by atoms with van der Waals surface area (Å²) < 4.78 is 41.8. The summed E-state index contributed by atoms with van der Waals surface area (Å²) in [7, 11) is -4.06. The molecule has 1 amide bonds. The van der Waals surface area contributed by atoms with E-state index in [-0.39, 0.29) is 28.1 Å². The summed E-state index contributed by atoms with van der Waals surface area (Å²) in [6.45, 7) is 4.18. The highest BCUT2D eigenvalue weighted by atomic mass is 32.2. The highest BCUT2D eigenvalue weighted by Crippen LogP contribution is 2.28. The van der Waals surface area contributed by atoms with Crippen molar-refractivity contribution in [3.63, 3.8) is 0 Å². The minimum atomic E-state index is -4.06. The molecule has 1 unspecified atom stereocenters. The van der Waals surface area contributed by atoms with Gasteiger partial charge in [-0.25, -0.2) is 12.8 Å². The molecule has 174 valence electrons. The second-order valence-electron chi connectivity index (χ2n) is 8.05. The topological polar surface area (TPSA) is 78.5 Å². The first-order chi connectivity index (χ1) is 15.8. The number of amides is 1. The van der Waals surface area contributed by atoms with Gasteiger partial charge in [-0.2, -0.15) is 0 Å². The van der Waals surface area contributed by atoms with Crippen LogP contribution in [0.15, 0.2) is 64.9 Å². The van der Waals surface area contributed by atoms with Crippen molar-refractivity contribution in [2.75, 3.05) is 24.4 Å². The molecule has 4 rings (SSSR count). The summed E-state index contributed by atoms with van der Waals surface area (Å²) >= 11 is 1.67. The average Bonchev–Trinajstić information content (AvgIpc) is 3.50. The highest BCUT2D eigenvalue weighted by Gasteiger charge is 2.25. The number of rotatable bonds is 8. The number of anilines is 1. The lowest BCUT2D eigenvalue weighted by Gasteiger charge is -2.27. The first kappa shape index (κ1) is 23.4. The van der Waals surface area contributed by atoms with E-state index >= 15 is 0 Å². The molecule has 1 atom stereocenters. The second-order valence-corrected chi connectivity index (χ2v) is 10.7. The van der Waals surface area contributed by atoms with E-state index in [1.54, 1.807) is 30.4 Å². The number of hydrogen-bond donors (Lipinski definition) is 2. The number of halogens is 1. The molecule has 0 bridgehead atoms. The largest absolute Gasteiger partial charge is 0.350 e. The van der Waals surface area contributed by atoms with Gasteiger partial charge in [-0.3, -0.25) is 14.4 Å². The van der Waals surface area contributed by atoms with Crippen molar-refractivity contribution >= 4 is 33.0 Å². The normalized spacial score (nSPS) is 15.3. The molecule has 0 saturated carbocycles. The van der Waals surface area contributed by atoms with E-state index < -0.39 is 15.8 Å². The molecule has 9 heteroatoms. The molecule has 1 aromatic heterocycles. The van der Waals surface area contributed by atoms with Gasteiger partial charge in [0.15, 0.2) is 0 Å². The fourth-order valence-corrected chi connectivity index (χ4v) is 5.94. The van der Waals surface area contributed by atoms with Crippen LogP contribution in [0, 0.1) is 12.7 Å². The maximum absolute atomic E-state index is 13.9. The minimum absolute atomic E-state index is 0.0893. The van der Waals surface area contributed by atoms with Crippen LogP contribution in [0.25, 0.3) is 0 Å². The number of aryl methyl sites for hydroxylation is 1. The average molecular weight is 488 g/mol. The molecule has 6 nitrogen and oxygen atoms in total. The van der Waals surface area contributed by atoms with Crippen molar-refractivity contribution in [1.82, 2.24) is 10.2 Å². The number of carbonyl (C=O) groups is 1. The molecule has 1 fully saturated rings. The number of hydrogen-bond acceptors (Lipinski definition) is 5. The van der Waals surface area contributed by atoms with Crippen LogP contribution >= 0.6 is 11.3 Å². The Hall–Kier alpha value is -2.75. The van der Waals surface area contributed by atoms with Gasteiger partial charge in [-0.05, 0) is 74.1 Å². The van der Waals surface area contributed by atoms with E-state index in [1.807, 2.05) is 11.4 Å². The van der Waals surface area contributed by atoms with Crippen molar-refractivity contribution in [3.8, 4) is 0 Å². The van der Waals surface area contributed by atoms with E-state index in [0.29, 0.717) is 12.1 Å². The zero-order valence-corrected chi connectivity index (χ0v) is 19.9. The van der Waals surface area contributed by atoms with Gasteiger partial charge in [0.1, 0.15) is 5.82 Å². The van der Waals surface area contributed by atoms with E-state index in [2.05, 4.69) is 21.0 Å². The lowest BCUT2D eigenvalue weighted by atomic mass is 10.1. The number of para-hydroxylation sites is 1. The molecular formula is C24H26FN3O3S2. The molecule has 33 heavy (non-hydrogen) atoms. The van der Waals surface area contributed by atoms with Gasteiger partial charge in [0.25, 0.3) is 15.9 Å². The molecule has 0 aliphatic carbocycles. The number of benzene rings is 2. The van der Waals surface area contributed by atoms with E-state index in [9.17, 15) is 17.6 Å². The van der Waals surface area contributed by atoms with Crippen LogP contribution in [0.4, 0.5) is 10.1 Å². The zero-order valence-electron chi connectivity index (χ0n) is 18.3. The molecule has 2 N–H and O–H groups in total. The predicted octanol–water partition coefficient (Wildman–Crippen LogP) is 4.56. The summed E-state index contributed by atoms with van der Waals surface area (Å²) in [6, 6.07) is 14.0. The van der Waals surface area contributed by atoms with Gasteiger partial charge in [0, 0.05) is 17.0 Å². The number of nitrogens with zero attached hydrogens (tertiary/aromatic N) is 1. The molecule has 3 aromatic rings. The van der Waals surface area contributed by atoms with Gasteiger partial charge in [0.05, 0.1) is 16.6 Å². The van der Waals surface area contributed by atoms with Crippen LogP contribution in [0.1, 0.15) is 39.7 Å². The van der Waals surface area contributed by atoms with Crippen LogP contribution in [-0.2, 0) is 10.0 Å². The first-order valence-electron chi connectivity index (χ1n) is 10.8. The van der Waals surface area contributed by atoms with E-state index in [1.165, 1.54) is 35.2 Å². The smallest absolute Gasteiger partial charge is 0.262 e. The summed E-state index contributed by atoms with van der Waals surface area (Å²) in [5.41, 5.74) is 0.789. The SMILES string of the molecule is Cc1ccc(S(=O)(=O)Nc2ccccc2F)cc1C(=O)NCC(c1cccs1)N1CCCC1. The molecule has 0 radical (unpaired) electrons. The Balaban J connectivity index is 1.52. The second kappa shape index (κ2) is 10.0. The Bertz CT molecular complexity index is 1220. The van der Waals surface area contributed by atoms with Crippen molar-refractivity contribution in [2.24, 2.45) is 0 Å². The van der Waals surface area contributed by atoms with Gasteiger partial charge >= 0.3 is 0 Å². The third-order valence-corrected chi connectivity index (χ3v) is 8.13. The lowest BCUT2D eigenvalue weighted by molar-refractivity contribution is 0.0937. The van der Waals surface area contributed by atoms with Crippen LogP contribution < -0.4 is 10.0 Å². The number of carbonyl (C=O) groups excluding carboxylic acids is 1. The van der Waals surface area contributed by atoms with Crippen LogP contribution in [-0.4, -0.2) is 38.9 Å². The third-order valence-electron chi connectivity index (χ3n) is 5.79. The monoisotopic (exact) mass is 487 g/mol. The molecular weight excluding hydrogens is 461 g/mol. The maximum Gasteiger partial charge on any atom is 0.262 e. The van der Waals surface area contributed by atoms with Crippen LogP contribution in [0.5, 0.6) is 0 Å². The summed E-state index contributed by atoms with van der Waals surface area (Å²) in [6.07, 6.45) is 2.29. The fourth-order valence-electron chi connectivity index (χ4n) is 3.99. The van der Waals surface area contributed by atoms with Gasteiger partial charge < -0.3 is 5.32 Å². The van der Waals surface area contributed by atoms with Crippen LogP contribution in [0.3, 0.4) is 0 Å². The summed E-state index contributed by atoms with van der Waals surface area (Å²) in [4.78, 5) is 16.5. The van der Waals surface area contributed by atoms with Crippen molar-refractivity contribution in [1.29, 1.82) is 0 Å². The quantitative estimate of drug-likeness (QED) is 0.488. The Morgan fingerprint density at radius 2 is 1.88 bits per heavy atom. The van der Waals surface area contributed by atoms with E-state index in [4.69, 9.17) is 0 Å². The Morgan fingerprint density at radius 3 is 2.58 bits per heavy atom. The molecule has 2 heterocycles. The molecule has 2 aromatic carbocycles. The number of thiophene rings is 1. The maximum atomic E-state index is 13.9. The molecule has 0 spiro atoms. The molecule has 1 saturated heterocycles. The van der Waals surface area contributed by atoms with Gasteiger partial charge in [-0.1, -0.05) is 24.3 Å². The fraction of sp³-hybridized carbons (Fsp3) is 0.292. The minimum Gasteiger partial charge on any atom is -0.350 e. The zero-order chi connectivity index (χ0) is 23.4. The number of likely N-dealkylation sites (tertiary alicyclic amines) is 1. The van der Waals surface area contributed by atoms with Crippen molar-refractivity contribution in [2.45, 2.75) is 30.7 Å². The van der Waals surface area contributed by atoms with Gasteiger partial charge in [-0.15, -0.1) is 11.3 Å². The van der Waals surface area contributed by atoms with Crippen molar-refractivity contribution in [3.05, 3.63) is 81.8 Å². The molecule has 1 aliphatic rings. The van der Waals surface area contributed by atoms with Crippen LogP contribution in [0.2, 0.25) is 0 Å².